The number of nitrogens with one attached hydrogen (secondary N) is 2. The van der Waals surface area contributed by atoms with E-state index in [0.717, 1.165) is 0 Å². The number of carbonyl (C=O) groups excluding carboxylic acids is 2. The van der Waals surface area contributed by atoms with Crippen LogP contribution in [0.15, 0.2) is 0 Å². The van der Waals surface area contributed by atoms with Crippen LogP contribution < -0.4 is 10.6 Å². The fourth-order valence-electron chi connectivity index (χ4n) is 1.99. The number of hydrogen-bond acceptors (Lipinski definition) is 4. The molecular weight excluding hydrogens is 550 g/mol. The zero-order chi connectivity index (χ0) is 28.6. The maximum absolute atomic E-state index is 13.0. The van der Waals surface area contributed by atoms with E-state index in [1.165, 1.54) is 0 Å². The summed E-state index contributed by atoms with van der Waals surface area (Å²) in [7, 11) is 0. The Morgan fingerprint density at radius 2 is 0.778 bits per heavy atom. The lowest BCUT2D eigenvalue weighted by atomic mass is 10.2. The van der Waals surface area contributed by atoms with E-state index in [1.54, 1.807) is 10.6 Å². The van der Waals surface area contributed by atoms with Crippen molar-refractivity contribution in [1.29, 1.82) is 0 Å². The van der Waals surface area contributed by atoms with Crippen molar-refractivity contribution in [2.24, 2.45) is 0 Å². The van der Waals surface area contributed by atoms with Crippen LogP contribution in [0, 0.1) is 0 Å². The van der Waals surface area contributed by atoms with Crippen LogP contribution in [-0.2, 0) is 9.47 Å². The number of rotatable bonds is 13. The molecular formula is C16H18F14N2O4. The predicted octanol–water partition coefficient (Wildman–Crippen LogP) is 5.67. The van der Waals surface area contributed by atoms with Gasteiger partial charge < -0.3 is 20.1 Å². The maximum atomic E-state index is 13.0. The molecule has 0 saturated heterocycles. The van der Waals surface area contributed by atoms with E-state index in [4.69, 9.17) is 0 Å². The van der Waals surface area contributed by atoms with Crippen LogP contribution in [0.3, 0.4) is 0 Å². The molecule has 0 fully saturated rings. The van der Waals surface area contributed by atoms with Crippen molar-refractivity contribution in [3.05, 3.63) is 0 Å². The Kier molecular flexibility index (Phi) is 11.4. The molecule has 0 aliphatic rings. The maximum Gasteiger partial charge on any atom is 0.460 e. The SMILES string of the molecule is O=C(NCCCCCCNC(=O)OCC(F)(F)C(F)(F)C(F)(F)F)OCC(F)(F)C(F)(F)C(F)(F)F. The molecule has 0 heterocycles. The Morgan fingerprint density at radius 1 is 0.500 bits per heavy atom. The quantitative estimate of drug-likeness (QED) is 0.222. The molecule has 0 aromatic rings. The van der Waals surface area contributed by atoms with Gasteiger partial charge in [0.05, 0.1) is 0 Å². The Balaban J connectivity index is 4.07. The highest BCUT2D eigenvalue weighted by Gasteiger charge is 2.74. The van der Waals surface area contributed by atoms with Crippen molar-refractivity contribution in [1.82, 2.24) is 10.6 Å². The van der Waals surface area contributed by atoms with Crippen LogP contribution in [0.2, 0.25) is 0 Å². The lowest BCUT2D eigenvalue weighted by molar-refractivity contribution is -0.359. The summed E-state index contributed by atoms with van der Waals surface area (Å²) >= 11 is 0. The van der Waals surface area contributed by atoms with Gasteiger partial charge in [-0.15, -0.1) is 0 Å². The first kappa shape index (κ1) is 33.6. The van der Waals surface area contributed by atoms with Crippen LogP contribution in [0.5, 0.6) is 0 Å². The van der Waals surface area contributed by atoms with E-state index in [0.29, 0.717) is 0 Å². The van der Waals surface area contributed by atoms with Gasteiger partial charge in [0.1, 0.15) is 0 Å². The minimum absolute atomic E-state index is 0.0768. The van der Waals surface area contributed by atoms with Crippen molar-refractivity contribution >= 4 is 12.2 Å². The zero-order valence-corrected chi connectivity index (χ0v) is 17.6. The van der Waals surface area contributed by atoms with Crippen molar-refractivity contribution < 1.29 is 80.5 Å². The summed E-state index contributed by atoms with van der Waals surface area (Å²) in [5.41, 5.74) is 0. The number of ether oxygens (including phenoxy) is 2. The third kappa shape index (κ3) is 9.21. The first-order valence-electron chi connectivity index (χ1n) is 9.45. The highest BCUT2D eigenvalue weighted by Crippen LogP contribution is 2.47. The third-order valence-electron chi connectivity index (χ3n) is 4.04. The van der Waals surface area contributed by atoms with Gasteiger partial charge in [0.15, 0.2) is 13.2 Å². The number of alkyl carbamates (subject to hydrolysis) is 2. The minimum atomic E-state index is -6.59. The molecule has 0 rings (SSSR count). The Labute approximate surface area is 192 Å². The van der Waals surface area contributed by atoms with E-state index in [1.807, 2.05) is 0 Å². The van der Waals surface area contributed by atoms with E-state index < -0.39 is 61.4 Å². The van der Waals surface area contributed by atoms with E-state index in [2.05, 4.69) is 9.47 Å². The summed E-state index contributed by atoms with van der Waals surface area (Å²) < 4.78 is 181. The first-order chi connectivity index (χ1) is 16.0. The standard InChI is InChI=1S/C16H18F14N2O4/c17-11(18,13(21,22)15(25,26)27)7-35-9(33)31-5-3-1-2-4-6-32-10(34)36-8-12(19,20)14(23,24)16(28,29)30/h1-8H2,(H,31,33)(H,32,34). The van der Waals surface area contributed by atoms with Gasteiger partial charge in [-0.1, -0.05) is 12.8 Å². The first-order valence-corrected chi connectivity index (χ1v) is 9.45. The number of amides is 2. The summed E-state index contributed by atoms with van der Waals surface area (Å²) in [5.74, 6) is -24.4. The van der Waals surface area contributed by atoms with E-state index >= 15 is 0 Å². The largest absolute Gasteiger partial charge is 0.460 e. The number of unbranched alkanes of at least 4 members (excludes halogenated alkanes) is 3. The molecule has 0 atom stereocenters. The molecule has 6 nitrogen and oxygen atoms in total. The molecule has 0 unspecified atom stereocenters. The average molecular weight is 568 g/mol. The van der Waals surface area contributed by atoms with Gasteiger partial charge in [-0.05, 0) is 12.8 Å². The van der Waals surface area contributed by atoms with Crippen LogP contribution in [0.1, 0.15) is 25.7 Å². The number of carbonyl (C=O) groups is 2. The summed E-state index contributed by atoms with van der Waals surface area (Å²) in [5, 5.41) is 3.57. The summed E-state index contributed by atoms with van der Waals surface area (Å²) in [4.78, 5) is 22.2. The topological polar surface area (TPSA) is 76.7 Å². The second-order valence-corrected chi connectivity index (χ2v) is 6.97. The number of alkyl halides is 14. The van der Waals surface area contributed by atoms with E-state index in [-0.39, 0.29) is 38.8 Å². The van der Waals surface area contributed by atoms with E-state index in [9.17, 15) is 71.1 Å². The molecule has 0 aliphatic carbocycles. The highest BCUT2D eigenvalue weighted by atomic mass is 19.4. The van der Waals surface area contributed by atoms with Gasteiger partial charge in [-0.25, -0.2) is 9.59 Å². The molecule has 214 valence electrons. The van der Waals surface area contributed by atoms with Crippen molar-refractivity contribution in [3.63, 3.8) is 0 Å². The molecule has 0 aliphatic heterocycles. The van der Waals surface area contributed by atoms with Crippen LogP contribution in [0.4, 0.5) is 71.1 Å². The van der Waals surface area contributed by atoms with Gasteiger partial charge in [0, 0.05) is 13.1 Å². The summed E-state index contributed by atoms with van der Waals surface area (Å²) in [6.07, 6.45) is -16.0. The second-order valence-electron chi connectivity index (χ2n) is 6.97. The van der Waals surface area contributed by atoms with Crippen LogP contribution in [0.25, 0.3) is 0 Å². The van der Waals surface area contributed by atoms with Crippen LogP contribution >= 0.6 is 0 Å². The van der Waals surface area contributed by atoms with Gasteiger partial charge in [-0.3, -0.25) is 0 Å². The fraction of sp³-hybridized carbons (Fsp3) is 0.875. The predicted molar refractivity (Wildman–Crippen MR) is 89.1 cm³/mol. The van der Waals surface area contributed by atoms with Crippen molar-refractivity contribution in [3.8, 4) is 0 Å². The molecule has 0 aromatic heterocycles. The molecule has 0 bridgehead atoms. The van der Waals surface area contributed by atoms with Crippen LogP contribution in [-0.4, -0.2) is 74.5 Å². The Hall–Kier alpha value is -2.44. The molecule has 20 heteroatoms. The molecule has 0 aromatic carbocycles. The van der Waals surface area contributed by atoms with Gasteiger partial charge in [-0.2, -0.15) is 61.5 Å². The highest BCUT2D eigenvalue weighted by molar-refractivity contribution is 5.67. The smallest absolute Gasteiger partial charge is 0.443 e. The van der Waals surface area contributed by atoms with Crippen molar-refractivity contribution in [2.45, 2.75) is 61.7 Å². The fourth-order valence-corrected chi connectivity index (χ4v) is 1.99. The summed E-state index contributed by atoms with van der Waals surface area (Å²) in [6, 6.07) is 0. The number of hydrogen-bond donors (Lipinski definition) is 2. The lowest BCUT2D eigenvalue weighted by Crippen LogP contribution is -2.54. The summed E-state index contributed by atoms with van der Waals surface area (Å²) in [6.45, 7) is -5.74. The molecule has 36 heavy (non-hydrogen) atoms. The Morgan fingerprint density at radius 3 is 1.03 bits per heavy atom. The van der Waals surface area contributed by atoms with Gasteiger partial charge in [0.25, 0.3) is 0 Å². The van der Waals surface area contributed by atoms with Gasteiger partial charge in [0.2, 0.25) is 0 Å². The zero-order valence-electron chi connectivity index (χ0n) is 17.6. The molecule has 0 saturated carbocycles. The molecule has 2 N–H and O–H groups in total. The Bertz CT molecular complexity index is 665. The molecule has 0 spiro atoms. The molecule has 0 radical (unpaired) electrons. The normalized spacial score (nSPS) is 13.8. The molecule has 2 amide bonds. The average Bonchev–Trinajstić information content (AvgIpc) is 2.70. The minimum Gasteiger partial charge on any atom is -0.443 e. The second kappa shape index (κ2) is 12.2. The monoisotopic (exact) mass is 568 g/mol. The van der Waals surface area contributed by atoms with Crippen molar-refractivity contribution in [2.75, 3.05) is 26.3 Å². The number of halogens is 14. The third-order valence-corrected chi connectivity index (χ3v) is 4.04. The lowest BCUT2D eigenvalue weighted by Gasteiger charge is -2.27. The van der Waals surface area contributed by atoms with Gasteiger partial charge >= 0.3 is 48.2 Å².